The second-order valence-corrected chi connectivity index (χ2v) is 4.79. The zero-order valence-corrected chi connectivity index (χ0v) is 11.4. The molecular formula is C14H23N3O. The molecule has 2 rings (SSSR count). The van der Waals surface area contributed by atoms with Crippen molar-refractivity contribution >= 4 is 5.82 Å². The lowest BCUT2D eigenvalue weighted by molar-refractivity contribution is 0.193. The number of rotatable bonds is 6. The molecule has 1 N–H and O–H groups in total. The van der Waals surface area contributed by atoms with E-state index >= 15 is 0 Å². The van der Waals surface area contributed by atoms with Crippen LogP contribution in [-0.2, 0) is 11.3 Å². The van der Waals surface area contributed by atoms with Gasteiger partial charge in [0.2, 0.25) is 0 Å². The molecule has 0 saturated carbocycles. The third kappa shape index (κ3) is 3.21. The van der Waals surface area contributed by atoms with Gasteiger partial charge in [-0.2, -0.15) is 0 Å². The Morgan fingerprint density at radius 1 is 1.56 bits per heavy atom. The predicted molar refractivity (Wildman–Crippen MR) is 73.9 cm³/mol. The highest BCUT2D eigenvalue weighted by Crippen LogP contribution is 2.21. The number of hydrogen-bond donors (Lipinski definition) is 1. The molecule has 0 bridgehead atoms. The van der Waals surface area contributed by atoms with Gasteiger partial charge in [-0.25, -0.2) is 4.98 Å². The lowest BCUT2D eigenvalue weighted by Gasteiger charge is -2.26. The first-order chi connectivity index (χ1) is 8.83. The summed E-state index contributed by atoms with van der Waals surface area (Å²) in [6.07, 6.45) is 4.11. The normalized spacial score (nSPS) is 19.1. The van der Waals surface area contributed by atoms with Crippen LogP contribution in [0.5, 0.6) is 0 Å². The molecule has 1 aliphatic heterocycles. The van der Waals surface area contributed by atoms with Crippen LogP contribution in [0.3, 0.4) is 0 Å². The summed E-state index contributed by atoms with van der Waals surface area (Å²) in [6.45, 7) is 5.79. The lowest BCUT2D eigenvalue weighted by Crippen LogP contribution is -2.33. The van der Waals surface area contributed by atoms with Gasteiger partial charge in [-0.1, -0.05) is 13.0 Å². The SMILES string of the molecule is CCCNCc1cccnc1N(C)C1CCOC1. The minimum absolute atomic E-state index is 0.463. The highest BCUT2D eigenvalue weighted by Gasteiger charge is 2.22. The van der Waals surface area contributed by atoms with Crippen LogP contribution in [0.1, 0.15) is 25.3 Å². The summed E-state index contributed by atoms with van der Waals surface area (Å²) in [7, 11) is 2.12. The van der Waals surface area contributed by atoms with E-state index in [0.29, 0.717) is 6.04 Å². The fourth-order valence-corrected chi connectivity index (χ4v) is 2.29. The number of nitrogens with one attached hydrogen (secondary N) is 1. The first-order valence-electron chi connectivity index (χ1n) is 6.78. The van der Waals surface area contributed by atoms with Gasteiger partial charge in [0.15, 0.2) is 0 Å². The van der Waals surface area contributed by atoms with E-state index in [2.05, 4.69) is 35.2 Å². The average Bonchev–Trinajstić information content (AvgIpc) is 2.93. The Labute approximate surface area is 109 Å². The molecule has 100 valence electrons. The van der Waals surface area contributed by atoms with Gasteiger partial charge in [0.05, 0.1) is 12.6 Å². The zero-order chi connectivity index (χ0) is 12.8. The van der Waals surface area contributed by atoms with E-state index in [1.54, 1.807) is 0 Å². The van der Waals surface area contributed by atoms with Gasteiger partial charge < -0.3 is 15.0 Å². The molecule has 2 heterocycles. The van der Waals surface area contributed by atoms with Crippen molar-refractivity contribution in [3.8, 4) is 0 Å². The van der Waals surface area contributed by atoms with Gasteiger partial charge in [-0.05, 0) is 25.5 Å². The van der Waals surface area contributed by atoms with Crippen molar-refractivity contribution in [2.24, 2.45) is 0 Å². The second kappa shape index (κ2) is 6.71. The first kappa shape index (κ1) is 13.3. The number of likely N-dealkylation sites (N-methyl/N-ethyl adjacent to an activating group) is 1. The summed E-state index contributed by atoms with van der Waals surface area (Å²) in [5.41, 5.74) is 1.26. The molecule has 1 atom stereocenters. The maximum atomic E-state index is 5.45. The fraction of sp³-hybridized carbons (Fsp3) is 0.643. The van der Waals surface area contributed by atoms with Crippen LogP contribution in [0.25, 0.3) is 0 Å². The van der Waals surface area contributed by atoms with Crippen LogP contribution in [0, 0.1) is 0 Å². The van der Waals surface area contributed by atoms with Crippen molar-refractivity contribution in [3.63, 3.8) is 0 Å². The van der Waals surface area contributed by atoms with Crippen molar-refractivity contribution in [1.29, 1.82) is 0 Å². The monoisotopic (exact) mass is 249 g/mol. The number of pyridine rings is 1. The Bertz CT molecular complexity index is 364. The molecule has 1 aromatic heterocycles. The van der Waals surface area contributed by atoms with E-state index in [-0.39, 0.29) is 0 Å². The van der Waals surface area contributed by atoms with Gasteiger partial charge in [0.1, 0.15) is 5.82 Å². The minimum atomic E-state index is 0.463. The summed E-state index contributed by atoms with van der Waals surface area (Å²) in [5.74, 6) is 1.08. The molecule has 1 unspecified atom stereocenters. The predicted octanol–water partition coefficient (Wildman–Crippen LogP) is 1.81. The zero-order valence-electron chi connectivity index (χ0n) is 11.4. The maximum Gasteiger partial charge on any atom is 0.133 e. The molecule has 1 saturated heterocycles. The average molecular weight is 249 g/mol. The van der Waals surface area contributed by atoms with Crippen molar-refractivity contribution in [1.82, 2.24) is 10.3 Å². The van der Waals surface area contributed by atoms with Crippen molar-refractivity contribution in [2.45, 2.75) is 32.4 Å². The van der Waals surface area contributed by atoms with E-state index in [1.165, 1.54) is 5.56 Å². The second-order valence-electron chi connectivity index (χ2n) is 4.79. The highest BCUT2D eigenvalue weighted by atomic mass is 16.5. The van der Waals surface area contributed by atoms with Gasteiger partial charge in [-0.15, -0.1) is 0 Å². The molecule has 18 heavy (non-hydrogen) atoms. The van der Waals surface area contributed by atoms with Gasteiger partial charge in [0.25, 0.3) is 0 Å². The molecule has 0 aliphatic carbocycles. The van der Waals surface area contributed by atoms with Gasteiger partial charge >= 0.3 is 0 Å². The third-order valence-corrected chi connectivity index (χ3v) is 3.40. The topological polar surface area (TPSA) is 37.4 Å². The fourth-order valence-electron chi connectivity index (χ4n) is 2.29. The van der Waals surface area contributed by atoms with E-state index < -0.39 is 0 Å². The Hall–Kier alpha value is -1.13. The maximum absolute atomic E-state index is 5.45. The Balaban J connectivity index is 2.05. The molecule has 0 spiro atoms. The van der Waals surface area contributed by atoms with Crippen LogP contribution >= 0.6 is 0 Å². The van der Waals surface area contributed by atoms with Crippen LogP contribution in [-0.4, -0.2) is 37.8 Å². The van der Waals surface area contributed by atoms with E-state index in [0.717, 1.165) is 45.0 Å². The van der Waals surface area contributed by atoms with Crippen LogP contribution in [0.2, 0.25) is 0 Å². The van der Waals surface area contributed by atoms with Crippen LogP contribution < -0.4 is 10.2 Å². The van der Waals surface area contributed by atoms with E-state index in [9.17, 15) is 0 Å². The molecule has 1 aliphatic rings. The van der Waals surface area contributed by atoms with Crippen molar-refractivity contribution in [3.05, 3.63) is 23.9 Å². The molecule has 1 aromatic rings. The molecule has 4 heteroatoms. The Kier molecular flexibility index (Phi) is 4.96. The number of anilines is 1. The van der Waals surface area contributed by atoms with E-state index in [1.807, 2.05) is 12.3 Å². The standard InChI is InChI=1S/C14H23N3O/c1-3-7-15-10-12-5-4-8-16-14(12)17(2)13-6-9-18-11-13/h4-5,8,13,15H,3,6-7,9-11H2,1-2H3. The summed E-state index contributed by atoms with van der Waals surface area (Å²) < 4.78 is 5.45. The van der Waals surface area contributed by atoms with Gasteiger partial charge in [0, 0.05) is 32.0 Å². The quantitative estimate of drug-likeness (QED) is 0.780. The summed E-state index contributed by atoms with van der Waals surface area (Å²) in [6, 6.07) is 4.62. The van der Waals surface area contributed by atoms with Crippen LogP contribution in [0.4, 0.5) is 5.82 Å². The Morgan fingerprint density at radius 2 is 2.44 bits per heavy atom. The van der Waals surface area contributed by atoms with Gasteiger partial charge in [-0.3, -0.25) is 0 Å². The largest absolute Gasteiger partial charge is 0.379 e. The summed E-state index contributed by atoms with van der Waals surface area (Å²) >= 11 is 0. The Morgan fingerprint density at radius 3 is 3.17 bits per heavy atom. The molecule has 4 nitrogen and oxygen atoms in total. The van der Waals surface area contributed by atoms with Crippen molar-refractivity contribution < 1.29 is 4.74 Å². The molecular weight excluding hydrogens is 226 g/mol. The number of ether oxygens (including phenoxy) is 1. The number of aromatic nitrogens is 1. The lowest BCUT2D eigenvalue weighted by atomic mass is 10.2. The minimum Gasteiger partial charge on any atom is -0.379 e. The summed E-state index contributed by atoms with van der Waals surface area (Å²) in [5, 5.41) is 3.44. The molecule has 0 radical (unpaired) electrons. The molecule has 1 fully saturated rings. The first-order valence-corrected chi connectivity index (χ1v) is 6.78. The number of nitrogens with zero attached hydrogens (tertiary/aromatic N) is 2. The molecule has 0 amide bonds. The highest BCUT2D eigenvalue weighted by molar-refractivity contribution is 5.47. The smallest absolute Gasteiger partial charge is 0.133 e. The molecule has 0 aromatic carbocycles. The van der Waals surface area contributed by atoms with E-state index in [4.69, 9.17) is 4.74 Å². The number of hydrogen-bond acceptors (Lipinski definition) is 4. The summed E-state index contributed by atoms with van der Waals surface area (Å²) in [4.78, 5) is 6.79. The van der Waals surface area contributed by atoms with Crippen LogP contribution in [0.15, 0.2) is 18.3 Å². The van der Waals surface area contributed by atoms with Crippen molar-refractivity contribution in [2.75, 3.05) is 31.7 Å². The third-order valence-electron chi connectivity index (χ3n) is 3.40.